The van der Waals surface area contributed by atoms with Gasteiger partial charge in [-0.1, -0.05) is 18.2 Å². The van der Waals surface area contributed by atoms with Crippen molar-refractivity contribution >= 4 is 29.9 Å². The van der Waals surface area contributed by atoms with E-state index in [2.05, 4.69) is 16.4 Å². The van der Waals surface area contributed by atoms with Gasteiger partial charge in [-0.15, -0.1) is 24.0 Å². The van der Waals surface area contributed by atoms with Crippen molar-refractivity contribution in [1.82, 2.24) is 5.32 Å². The van der Waals surface area contributed by atoms with Crippen LogP contribution in [-0.2, 0) is 0 Å². The number of hydrogen-bond donors (Lipinski definition) is 2. The fourth-order valence-corrected chi connectivity index (χ4v) is 2.42. The molecule has 1 atom stereocenters. The Labute approximate surface area is 130 Å². The molecule has 0 amide bonds. The molecular weight excluding hydrogens is 353 g/mol. The lowest BCUT2D eigenvalue weighted by Crippen LogP contribution is -2.44. The summed E-state index contributed by atoms with van der Waals surface area (Å²) in [6.07, 6.45) is 4.61. The molecule has 1 heterocycles. The smallest absolute Gasteiger partial charge is 0.189 e. The largest absolute Gasteiger partial charge is 0.493 e. The van der Waals surface area contributed by atoms with Crippen molar-refractivity contribution in [2.45, 2.75) is 37.8 Å². The lowest BCUT2D eigenvalue weighted by Gasteiger charge is -2.28. The van der Waals surface area contributed by atoms with Crippen molar-refractivity contribution in [2.24, 2.45) is 10.7 Å². The maximum absolute atomic E-state index is 5.97. The zero-order valence-corrected chi connectivity index (χ0v) is 13.2. The Morgan fingerprint density at radius 3 is 2.79 bits per heavy atom. The third-order valence-corrected chi connectivity index (χ3v) is 3.68. The number of halogens is 1. The molecule has 2 aliphatic rings. The molecule has 3 rings (SSSR count). The highest BCUT2D eigenvalue weighted by atomic mass is 127. The quantitative estimate of drug-likeness (QED) is 0.476. The zero-order chi connectivity index (χ0) is 12.4. The molecule has 19 heavy (non-hydrogen) atoms. The number of hydrogen-bond acceptors (Lipinski definition) is 2. The van der Waals surface area contributed by atoms with Crippen molar-refractivity contribution in [3.63, 3.8) is 0 Å². The highest BCUT2D eigenvalue weighted by Crippen LogP contribution is 2.34. The molecule has 104 valence electrons. The Bertz CT molecular complexity index is 460. The lowest BCUT2D eigenvalue weighted by molar-refractivity contribution is 0.269. The highest BCUT2D eigenvalue weighted by molar-refractivity contribution is 14.0. The number of benzene rings is 1. The first kappa shape index (κ1) is 14.4. The van der Waals surface area contributed by atoms with Gasteiger partial charge in [0.15, 0.2) is 5.96 Å². The third kappa shape index (κ3) is 3.32. The molecule has 1 aromatic rings. The number of nitrogens with zero attached hydrogens (tertiary/aromatic N) is 1. The van der Waals surface area contributed by atoms with E-state index < -0.39 is 0 Å². The van der Waals surface area contributed by atoms with Gasteiger partial charge in [-0.3, -0.25) is 0 Å². The zero-order valence-electron chi connectivity index (χ0n) is 10.8. The summed E-state index contributed by atoms with van der Waals surface area (Å²) in [7, 11) is 0. The highest BCUT2D eigenvalue weighted by Gasteiger charge is 2.22. The van der Waals surface area contributed by atoms with E-state index in [0.29, 0.717) is 18.6 Å². The lowest BCUT2D eigenvalue weighted by atomic mass is 9.93. The minimum atomic E-state index is 0. The Kier molecular flexibility index (Phi) is 4.90. The van der Waals surface area contributed by atoms with Crippen molar-refractivity contribution in [1.29, 1.82) is 0 Å². The van der Waals surface area contributed by atoms with Gasteiger partial charge >= 0.3 is 0 Å². The number of para-hydroxylation sites is 1. The Morgan fingerprint density at radius 2 is 2.05 bits per heavy atom. The van der Waals surface area contributed by atoms with Crippen LogP contribution in [-0.4, -0.2) is 18.6 Å². The molecule has 0 bridgehead atoms. The van der Waals surface area contributed by atoms with Crippen LogP contribution in [0.1, 0.15) is 37.3 Å². The average molecular weight is 373 g/mol. The van der Waals surface area contributed by atoms with Crippen molar-refractivity contribution < 1.29 is 4.74 Å². The Hall–Kier alpha value is -0.980. The summed E-state index contributed by atoms with van der Waals surface area (Å²) in [6, 6.07) is 8.73. The SMILES string of the molecule is I.NC(=NC1CCOc2ccccc21)NC1CCC1. The third-order valence-electron chi connectivity index (χ3n) is 3.68. The second kappa shape index (κ2) is 6.45. The molecule has 1 aliphatic carbocycles. The first-order chi connectivity index (χ1) is 8.83. The second-order valence-electron chi connectivity index (χ2n) is 4.98. The fourth-order valence-electron chi connectivity index (χ4n) is 2.42. The van der Waals surface area contributed by atoms with E-state index in [1.54, 1.807) is 0 Å². The molecule has 0 saturated heterocycles. The number of guanidine groups is 1. The predicted molar refractivity (Wildman–Crippen MR) is 87.1 cm³/mol. The topological polar surface area (TPSA) is 59.6 Å². The van der Waals surface area contributed by atoms with Crippen molar-refractivity contribution in [2.75, 3.05) is 6.61 Å². The summed E-state index contributed by atoms with van der Waals surface area (Å²) in [5.74, 6) is 1.51. The Morgan fingerprint density at radius 1 is 1.26 bits per heavy atom. The summed E-state index contributed by atoms with van der Waals surface area (Å²) >= 11 is 0. The van der Waals surface area contributed by atoms with Crippen LogP contribution in [0.15, 0.2) is 29.3 Å². The van der Waals surface area contributed by atoms with Crippen molar-refractivity contribution in [3.8, 4) is 5.75 Å². The average Bonchev–Trinajstić information content (AvgIpc) is 2.34. The first-order valence-electron chi connectivity index (χ1n) is 6.64. The second-order valence-corrected chi connectivity index (χ2v) is 4.98. The summed E-state index contributed by atoms with van der Waals surface area (Å²) in [6.45, 7) is 0.710. The van der Waals surface area contributed by atoms with Crippen LogP contribution < -0.4 is 15.8 Å². The van der Waals surface area contributed by atoms with Gasteiger partial charge in [-0.05, 0) is 25.3 Å². The van der Waals surface area contributed by atoms with Crippen LogP contribution in [0.3, 0.4) is 0 Å². The van der Waals surface area contributed by atoms with E-state index in [0.717, 1.165) is 17.7 Å². The van der Waals surface area contributed by atoms with E-state index in [1.807, 2.05) is 18.2 Å². The Balaban J connectivity index is 0.00000133. The standard InChI is InChI=1S/C14H19N3O.HI/c15-14(16-10-4-3-5-10)17-12-8-9-18-13-7-2-1-6-11(12)13;/h1-2,6-7,10,12H,3-5,8-9H2,(H3,15,16,17);1H. The van der Waals surface area contributed by atoms with Crippen LogP contribution in [0.5, 0.6) is 5.75 Å². The summed E-state index contributed by atoms with van der Waals surface area (Å²) in [5, 5.41) is 3.28. The minimum Gasteiger partial charge on any atom is -0.493 e. The molecule has 5 heteroatoms. The molecule has 1 unspecified atom stereocenters. The summed E-state index contributed by atoms with van der Waals surface area (Å²) in [4.78, 5) is 4.60. The molecule has 0 spiro atoms. The van der Waals surface area contributed by atoms with Crippen LogP contribution >= 0.6 is 24.0 Å². The van der Waals surface area contributed by atoms with Crippen LogP contribution in [0.4, 0.5) is 0 Å². The number of nitrogens with one attached hydrogen (secondary N) is 1. The summed E-state index contributed by atoms with van der Waals surface area (Å²) < 4.78 is 5.62. The van der Waals surface area contributed by atoms with E-state index in [4.69, 9.17) is 10.5 Å². The van der Waals surface area contributed by atoms with Crippen LogP contribution in [0.25, 0.3) is 0 Å². The molecule has 1 saturated carbocycles. The predicted octanol–water partition coefficient (Wildman–Crippen LogP) is 2.59. The van der Waals surface area contributed by atoms with Crippen LogP contribution in [0, 0.1) is 0 Å². The van der Waals surface area contributed by atoms with E-state index in [-0.39, 0.29) is 30.0 Å². The number of ether oxygens (including phenoxy) is 1. The number of rotatable bonds is 2. The maximum Gasteiger partial charge on any atom is 0.189 e. The maximum atomic E-state index is 5.97. The fraction of sp³-hybridized carbons (Fsp3) is 0.500. The van der Waals surface area contributed by atoms with E-state index >= 15 is 0 Å². The van der Waals surface area contributed by atoms with Gasteiger partial charge < -0.3 is 15.8 Å². The molecule has 1 aromatic carbocycles. The first-order valence-corrected chi connectivity index (χ1v) is 6.64. The normalized spacial score (nSPS) is 22.5. The van der Waals surface area contributed by atoms with Gasteiger partial charge in [0.05, 0.1) is 12.6 Å². The van der Waals surface area contributed by atoms with Crippen molar-refractivity contribution in [3.05, 3.63) is 29.8 Å². The monoisotopic (exact) mass is 373 g/mol. The van der Waals surface area contributed by atoms with Crippen LogP contribution in [0.2, 0.25) is 0 Å². The van der Waals surface area contributed by atoms with Gasteiger partial charge in [0, 0.05) is 18.0 Å². The van der Waals surface area contributed by atoms with E-state index in [9.17, 15) is 0 Å². The molecule has 1 fully saturated rings. The number of nitrogens with two attached hydrogens (primary N) is 1. The number of aliphatic imine (C=N–C) groups is 1. The summed E-state index contributed by atoms with van der Waals surface area (Å²) in [5.41, 5.74) is 7.11. The van der Waals surface area contributed by atoms with Gasteiger partial charge in [0.25, 0.3) is 0 Å². The van der Waals surface area contributed by atoms with Gasteiger partial charge in [0.2, 0.25) is 0 Å². The van der Waals surface area contributed by atoms with Gasteiger partial charge in [-0.2, -0.15) is 0 Å². The number of fused-ring (bicyclic) bond motifs is 1. The van der Waals surface area contributed by atoms with Gasteiger partial charge in [0.1, 0.15) is 5.75 Å². The van der Waals surface area contributed by atoms with E-state index in [1.165, 1.54) is 19.3 Å². The molecule has 0 radical (unpaired) electrons. The van der Waals surface area contributed by atoms with Gasteiger partial charge in [-0.25, -0.2) is 4.99 Å². The molecule has 1 aliphatic heterocycles. The molecular formula is C14H20IN3O. The molecule has 0 aromatic heterocycles. The minimum absolute atomic E-state index is 0. The molecule has 4 nitrogen and oxygen atoms in total. The molecule has 3 N–H and O–H groups in total.